The summed E-state index contributed by atoms with van der Waals surface area (Å²) in [5.41, 5.74) is 2.25. The largest absolute Gasteiger partial charge is 0.375 e. The number of H-pyrrole nitrogens is 1. The number of hydrogen-bond acceptors (Lipinski definition) is 5. The summed E-state index contributed by atoms with van der Waals surface area (Å²) >= 11 is 6.17. The number of nitrogens with one attached hydrogen (secondary N) is 1. The van der Waals surface area contributed by atoms with Crippen LogP contribution < -0.4 is 15.4 Å². The summed E-state index contributed by atoms with van der Waals surface area (Å²) in [5, 5.41) is 0.797. The zero-order chi connectivity index (χ0) is 19.7. The van der Waals surface area contributed by atoms with Gasteiger partial charge in [-0.25, -0.2) is 0 Å². The number of aryl methyl sites for hydroxylation is 1. The van der Waals surface area contributed by atoms with E-state index in [0.717, 1.165) is 55.3 Å². The average Bonchev–Trinajstić information content (AvgIpc) is 3.12. The van der Waals surface area contributed by atoms with Gasteiger partial charge in [0.2, 0.25) is 5.95 Å². The molecule has 1 aromatic heterocycles. The molecule has 0 aliphatic carbocycles. The number of morpholine rings is 1. The predicted octanol–water partition coefficient (Wildman–Crippen LogP) is 3.17. The normalized spacial score (nSPS) is 22.7. The molecule has 7 heteroatoms. The first-order valence-electron chi connectivity index (χ1n) is 9.99. The molecule has 3 heterocycles. The molecule has 28 heavy (non-hydrogen) atoms. The van der Waals surface area contributed by atoms with Gasteiger partial charge in [0.1, 0.15) is 5.82 Å². The van der Waals surface area contributed by atoms with Gasteiger partial charge in [-0.05, 0) is 50.3 Å². The van der Waals surface area contributed by atoms with E-state index in [4.69, 9.17) is 21.3 Å². The second-order valence-corrected chi connectivity index (χ2v) is 8.24. The van der Waals surface area contributed by atoms with Gasteiger partial charge in [-0.2, -0.15) is 4.98 Å². The first kappa shape index (κ1) is 19.3. The number of benzene rings is 1. The number of anilines is 2. The SMILES string of the molecule is Cc1cc(C[C@H]2CCCN2c2nc(N3CCO[C@H](C)C3)cc(=O)[nH]2)ccc1Cl. The minimum absolute atomic E-state index is 0.105. The Bertz CT molecular complexity index is 900. The van der Waals surface area contributed by atoms with E-state index in [1.807, 2.05) is 19.9 Å². The Hall–Kier alpha value is -2.05. The quantitative estimate of drug-likeness (QED) is 0.851. The fraction of sp³-hybridized carbons (Fsp3) is 0.524. The third-order valence-electron chi connectivity index (χ3n) is 5.62. The van der Waals surface area contributed by atoms with Crippen LogP contribution in [0.3, 0.4) is 0 Å². The van der Waals surface area contributed by atoms with Crippen LogP contribution in [-0.4, -0.2) is 48.4 Å². The van der Waals surface area contributed by atoms with Gasteiger partial charge in [-0.1, -0.05) is 23.7 Å². The third kappa shape index (κ3) is 4.18. The molecule has 150 valence electrons. The van der Waals surface area contributed by atoms with Crippen LogP contribution >= 0.6 is 11.6 Å². The summed E-state index contributed by atoms with van der Waals surface area (Å²) in [6, 6.07) is 8.12. The summed E-state index contributed by atoms with van der Waals surface area (Å²) in [5.74, 6) is 1.41. The molecule has 0 unspecified atom stereocenters. The monoisotopic (exact) mass is 402 g/mol. The first-order chi connectivity index (χ1) is 13.5. The lowest BCUT2D eigenvalue weighted by Crippen LogP contribution is -2.42. The Kier molecular flexibility index (Phi) is 5.60. The molecule has 1 N–H and O–H groups in total. The van der Waals surface area contributed by atoms with Gasteiger partial charge in [0.15, 0.2) is 0 Å². The maximum absolute atomic E-state index is 12.3. The van der Waals surface area contributed by atoms with Crippen LogP contribution in [0.1, 0.15) is 30.9 Å². The number of nitrogens with zero attached hydrogens (tertiary/aromatic N) is 3. The van der Waals surface area contributed by atoms with E-state index >= 15 is 0 Å². The molecular formula is C21H27ClN4O2. The lowest BCUT2D eigenvalue weighted by molar-refractivity contribution is 0.0529. The molecule has 0 amide bonds. The van der Waals surface area contributed by atoms with Crippen LogP contribution in [0, 0.1) is 6.92 Å². The topological polar surface area (TPSA) is 61.5 Å². The van der Waals surface area contributed by atoms with Crippen molar-refractivity contribution in [2.45, 2.75) is 45.3 Å². The van der Waals surface area contributed by atoms with Crippen LogP contribution in [0.15, 0.2) is 29.1 Å². The summed E-state index contributed by atoms with van der Waals surface area (Å²) in [7, 11) is 0. The molecule has 0 bridgehead atoms. The van der Waals surface area contributed by atoms with Gasteiger partial charge >= 0.3 is 0 Å². The van der Waals surface area contributed by atoms with Crippen molar-refractivity contribution in [1.82, 2.24) is 9.97 Å². The van der Waals surface area contributed by atoms with Gasteiger partial charge in [0.25, 0.3) is 5.56 Å². The Morgan fingerprint density at radius 1 is 1.32 bits per heavy atom. The molecule has 0 saturated carbocycles. The van der Waals surface area contributed by atoms with Crippen molar-refractivity contribution in [3.8, 4) is 0 Å². The Labute approximate surface area is 170 Å². The first-order valence-corrected chi connectivity index (χ1v) is 10.4. The molecule has 0 spiro atoms. The number of ether oxygens (including phenoxy) is 1. The maximum Gasteiger partial charge on any atom is 0.254 e. The molecule has 2 saturated heterocycles. The van der Waals surface area contributed by atoms with Crippen molar-refractivity contribution in [1.29, 1.82) is 0 Å². The summed E-state index contributed by atoms with van der Waals surface area (Å²) < 4.78 is 5.62. The molecule has 0 radical (unpaired) electrons. The molecule has 2 aromatic rings. The Balaban J connectivity index is 1.56. The third-order valence-corrected chi connectivity index (χ3v) is 6.05. The molecule has 2 fully saturated rings. The molecule has 2 aliphatic heterocycles. The highest BCUT2D eigenvalue weighted by atomic mass is 35.5. The van der Waals surface area contributed by atoms with Crippen molar-refractivity contribution < 1.29 is 4.74 Å². The van der Waals surface area contributed by atoms with E-state index in [1.165, 1.54) is 5.56 Å². The van der Waals surface area contributed by atoms with Gasteiger partial charge in [-0.3, -0.25) is 9.78 Å². The highest BCUT2D eigenvalue weighted by Gasteiger charge is 2.28. The van der Waals surface area contributed by atoms with Gasteiger partial charge < -0.3 is 14.5 Å². The van der Waals surface area contributed by atoms with E-state index in [1.54, 1.807) is 6.07 Å². The number of halogens is 1. The number of rotatable bonds is 4. The molecule has 4 rings (SSSR count). The highest BCUT2D eigenvalue weighted by Crippen LogP contribution is 2.27. The lowest BCUT2D eigenvalue weighted by Gasteiger charge is -2.33. The van der Waals surface area contributed by atoms with Crippen molar-refractivity contribution in [3.63, 3.8) is 0 Å². The van der Waals surface area contributed by atoms with E-state index in [2.05, 4.69) is 26.9 Å². The zero-order valence-corrected chi connectivity index (χ0v) is 17.2. The van der Waals surface area contributed by atoms with E-state index in [0.29, 0.717) is 18.6 Å². The summed E-state index contributed by atoms with van der Waals surface area (Å²) in [6.45, 7) is 7.16. The van der Waals surface area contributed by atoms with Crippen LogP contribution in [0.25, 0.3) is 0 Å². The smallest absolute Gasteiger partial charge is 0.254 e. The fourth-order valence-electron chi connectivity index (χ4n) is 4.19. The number of aromatic nitrogens is 2. The van der Waals surface area contributed by atoms with Crippen LogP contribution in [-0.2, 0) is 11.2 Å². The van der Waals surface area contributed by atoms with Crippen molar-refractivity contribution in [3.05, 3.63) is 50.8 Å². The summed E-state index contributed by atoms with van der Waals surface area (Å²) in [4.78, 5) is 24.5. The van der Waals surface area contributed by atoms with E-state index < -0.39 is 0 Å². The molecule has 2 aliphatic rings. The van der Waals surface area contributed by atoms with Gasteiger partial charge in [0.05, 0.1) is 12.7 Å². The molecular weight excluding hydrogens is 376 g/mol. The van der Waals surface area contributed by atoms with E-state index in [9.17, 15) is 4.79 Å². The minimum atomic E-state index is -0.105. The van der Waals surface area contributed by atoms with Crippen LogP contribution in [0.5, 0.6) is 0 Å². The maximum atomic E-state index is 12.3. The van der Waals surface area contributed by atoms with Crippen molar-refractivity contribution >= 4 is 23.4 Å². The van der Waals surface area contributed by atoms with Gasteiger partial charge in [-0.15, -0.1) is 0 Å². The minimum Gasteiger partial charge on any atom is -0.375 e. The highest BCUT2D eigenvalue weighted by molar-refractivity contribution is 6.31. The molecule has 1 aromatic carbocycles. The Morgan fingerprint density at radius 2 is 2.18 bits per heavy atom. The lowest BCUT2D eigenvalue weighted by atomic mass is 10.0. The zero-order valence-electron chi connectivity index (χ0n) is 16.4. The number of aromatic amines is 1. The summed E-state index contributed by atoms with van der Waals surface area (Å²) in [6.07, 6.45) is 3.25. The average molecular weight is 403 g/mol. The van der Waals surface area contributed by atoms with E-state index in [-0.39, 0.29) is 11.7 Å². The van der Waals surface area contributed by atoms with Crippen LogP contribution in [0.4, 0.5) is 11.8 Å². The molecule has 2 atom stereocenters. The van der Waals surface area contributed by atoms with Crippen LogP contribution in [0.2, 0.25) is 5.02 Å². The predicted molar refractivity (Wildman–Crippen MR) is 113 cm³/mol. The standard InChI is InChI=1S/C21H27ClN4O2/c1-14-10-16(5-6-18(14)22)11-17-4-3-7-26(17)21-23-19(12-20(27)24-21)25-8-9-28-15(2)13-25/h5-6,10,12,15,17H,3-4,7-9,11,13H2,1-2H3,(H,23,24,27)/t15-,17-/m1/s1. The fourth-order valence-corrected chi connectivity index (χ4v) is 4.31. The van der Waals surface area contributed by atoms with Crippen molar-refractivity contribution in [2.24, 2.45) is 0 Å². The second kappa shape index (κ2) is 8.13. The Morgan fingerprint density at radius 3 is 2.96 bits per heavy atom. The second-order valence-electron chi connectivity index (χ2n) is 7.83. The molecule has 6 nitrogen and oxygen atoms in total. The number of hydrogen-bond donors (Lipinski definition) is 1. The van der Waals surface area contributed by atoms with Gasteiger partial charge in [0, 0.05) is 36.8 Å². The van der Waals surface area contributed by atoms with Crippen molar-refractivity contribution in [2.75, 3.05) is 36.0 Å².